The lowest BCUT2D eigenvalue weighted by molar-refractivity contribution is 0.481. The molecule has 0 N–H and O–H groups in total. The highest BCUT2D eigenvalue weighted by Gasteiger charge is 2.27. The lowest BCUT2D eigenvalue weighted by Crippen LogP contribution is -2.06. The molecule has 248 valence electrons. The third-order valence-corrected chi connectivity index (χ3v) is 9.61. The van der Waals surface area contributed by atoms with Crippen molar-refractivity contribution in [1.29, 1.82) is 0 Å². The Morgan fingerprint density at radius 3 is 2.04 bits per heavy atom. The number of aryl methyl sites for hydroxylation is 3. The summed E-state index contributed by atoms with van der Waals surface area (Å²) in [6, 6.07) is 32.2. The number of ether oxygens (including phenoxy) is 1. The van der Waals surface area contributed by atoms with Crippen molar-refractivity contribution < 1.29 is 4.74 Å². The van der Waals surface area contributed by atoms with Crippen molar-refractivity contribution in [3.8, 4) is 34.1 Å². The normalized spacial score (nSPS) is 11.9. The van der Waals surface area contributed by atoms with E-state index in [1.807, 2.05) is 12.3 Å². The molecule has 0 spiro atoms. The molecule has 0 saturated heterocycles. The van der Waals surface area contributed by atoms with Gasteiger partial charge in [-0.3, -0.25) is 4.57 Å². The van der Waals surface area contributed by atoms with Crippen molar-refractivity contribution in [2.75, 3.05) is 0 Å². The van der Waals surface area contributed by atoms with Crippen molar-refractivity contribution in [3.05, 3.63) is 131 Å². The summed E-state index contributed by atoms with van der Waals surface area (Å²) < 4.78 is 11.2. The van der Waals surface area contributed by atoms with E-state index in [0.717, 1.165) is 39.7 Å². The maximum Gasteiger partial charge on any atom is 0.137 e. The first-order valence-electron chi connectivity index (χ1n) is 17.5. The molecule has 0 unspecified atom stereocenters. The van der Waals surface area contributed by atoms with Crippen LogP contribution in [0.15, 0.2) is 97.2 Å². The van der Waals surface area contributed by atoms with Crippen LogP contribution in [-0.4, -0.2) is 19.3 Å². The molecule has 0 aliphatic rings. The maximum absolute atomic E-state index is 6.78. The van der Waals surface area contributed by atoms with E-state index in [1.54, 1.807) is 0 Å². The first-order chi connectivity index (χ1) is 23.5. The van der Waals surface area contributed by atoms with E-state index < -0.39 is 0 Å². The third kappa shape index (κ3) is 5.82. The van der Waals surface area contributed by atoms with Crippen LogP contribution in [0.25, 0.3) is 44.4 Å². The predicted molar refractivity (Wildman–Crippen MR) is 204 cm³/mol. The second-order valence-corrected chi connectivity index (χ2v) is 14.4. The smallest absolute Gasteiger partial charge is 0.137 e. The lowest BCUT2D eigenvalue weighted by Gasteiger charge is -2.18. The van der Waals surface area contributed by atoms with Crippen LogP contribution in [-0.2, 0) is 0 Å². The van der Waals surface area contributed by atoms with Gasteiger partial charge in [0.15, 0.2) is 0 Å². The van der Waals surface area contributed by atoms with Crippen LogP contribution < -0.4 is 4.74 Å². The molecule has 3 heterocycles. The van der Waals surface area contributed by atoms with E-state index in [0.29, 0.717) is 5.92 Å². The lowest BCUT2D eigenvalue weighted by atomic mass is 9.88. The first-order valence-corrected chi connectivity index (χ1v) is 17.5. The van der Waals surface area contributed by atoms with E-state index in [4.69, 9.17) is 14.8 Å². The van der Waals surface area contributed by atoms with Crippen LogP contribution in [0.5, 0.6) is 11.5 Å². The number of hydrogen-bond acceptors (Lipinski definition) is 3. The molecule has 3 aromatic heterocycles. The summed E-state index contributed by atoms with van der Waals surface area (Å²) in [7, 11) is 0. The highest BCUT2D eigenvalue weighted by atomic mass is 16.5. The van der Waals surface area contributed by atoms with E-state index in [1.165, 1.54) is 49.8 Å². The van der Waals surface area contributed by atoms with Gasteiger partial charge in [0.1, 0.15) is 17.3 Å². The Hall–Kier alpha value is -5.16. The topological polar surface area (TPSA) is 44.9 Å². The van der Waals surface area contributed by atoms with Crippen LogP contribution in [0.2, 0.25) is 0 Å². The SMILES string of the molecule is Cc1ccnc(-n2c3ccccc3c3ccc(Oc4cc(C(C)C)cc(-n5nc(C(C)C)c(-c6c(C)cccc6C)c5C(C)C)c4)cc32)c1. The van der Waals surface area contributed by atoms with Crippen molar-refractivity contribution in [1.82, 2.24) is 19.3 Å². The summed E-state index contributed by atoms with van der Waals surface area (Å²) in [6.45, 7) is 20.0. The van der Waals surface area contributed by atoms with Crippen LogP contribution in [0.3, 0.4) is 0 Å². The van der Waals surface area contributed by atoms with Gasteiger partial charge in [0.25, 0.3) is 0 Å². The van der Waals surface area contributed by atoms with Crippen molar-refractivity contribution in [2.24, 2.45) is 0 Å². The zero-order valence-corrected chi connectivity index (χ0v) is 30.2. The van der Waals surface area contributed by atoms with Gasteiger partial charge in [0, 0.05) is 34.7 Å². The van der Waals surface area contributed by atoms with Gasteiger partial charge in [-0.15, -0.1) is 0 Å². The van der Waals surface area contributed by atoms with E-state index >= 15 is 0 Å². The molecule has 0 radical (unpaired) electrons. The Labute approximate surface area is 290 Å². The molecular weight excluding hydrogens is 601 g/mol. The molecule has 0 bridgehead atoms. The highest BCUT2D eigenvalue weighted by Crippen LogP contribution is 2.42. The van der Waals surface area contributed by atoms with E-state index in [-0.39, 0.29) is 11.8 Å². The number of fused-ring (bicyclic) bond motifs is 3. The zero-order chi connectivity index (χ0) is 34.6. The van der Waals surface area contributed by atoms with Crippen molar-refractivity contribution in [3.63, 3.8) is 0 Å². The fourth-order valence-corrected chi connectivity index (χ4v) is 7.21. The number of para-hydroxylation sites is 1. The summed E-state index contributed by atoms with van der Waals surface area (Å²) in [5.74, 6) is 3.29. The number of pyridine rings is 1. The quantitative estimate of drug-likeness (QED) is 0.165. The average Bonchev–Trinajstić information content (AvgIpc) is 3.61. The minimum atomic E-state index is 0.251. The molecule has 0 atom stereocenters. The van der Waals surface area contributed by atoms with Gasteiger partial charge in [-0.25, -0.2) is 9.67 Å². The number of benzene rings is 4. The third-order valence-electron chi connectivity index (χ3n) is 9.61. The molecule has 0 fully saturated rings. The number of aromatic nitrogens is 4. The molecule has 5 nitrogen and oxygen atoms in total. The molecule has 49 heavy (non-hydrogen) atoms. The zero-order valence-electron chi connectivity index (χ0n) is 30.2. The second kappa shape index (κ2) is 12.7. The number of nitrogens with zero attached hydrogens (tertiary/aromatic N) is 4. The molecule has 0 aliphatic carbocycles. The van der Waals surface area contributed by atoms with Gasteiger partial charge in [-0.2, -0.15) is 5.10 Å². The highest BCUT2D eigenvalue weighted by molar-refractivity contribution is 6.09. The number of rotatable bonds is 8. The molecule has 0 saturated carbocycles. The summed E-state index contributed by atoms with van der Waals surface area (Å²) in [4.78, 5) is 4.76. The summed E-state index contributed by atoms with van der Waals surface area (Å²) in [5, 5.41) is 7.74. The first kappa shape index (κ1) is 32.4. The minimum Gasteiger partial charge on any atom is -0.457 e. The average molecular weight is 647 g/mol. The van der Waals surface area contributed by atoms with E-state index in [2.05, 4.69) is 156 Å². The Kier molecular flexibility index (Phi) is 8.40. The molecule has 0 aliphatic heterocycles. The van der Waals surface area contributed by atoms with Gasteiger partial charge in [0.05, 0.1) is 28.1 Å². The van der Waals surface area contributed by atoms with Crippen LogP contribution in [0.4, 0.5) is 0 Å². The fraction of sp³-hybridized carbons (Fsp3) is 0.273. The Bertz CT molecular complexity index is 2320. The van der Waals surface area contributed by atoms with Gasteiger partial charge < -0.3 is 4.74 Å². The summed E-state index contributed by atoms with van der Waals surface area (Å²) >= 11 is 0. The monoisotopic (exact) mass is 646 g/mol. The predicted octanol–water partition coefficient (Wildman–Crippen LogP) is 12.1. The van der Waals surface area contributed by atoms with Gasteiger partial charge in [-0.1, -0.05) is 77.9 Å². The summed E-state index contributed by atoms with van der Waals surface area (Å²) in [6.07, 6.45) is 1.88. The standard InChI is InChI=1S/C44H46N4O/c1-26(2)32-22-33(48-44(28(5)6)42(43(46-48)27(3)4)41-30(8)13-12-14-31(41)9)24-35(23-32)49-34-17-18-37-36-15-10-11-16-38(36)47(39(37)25-34)40-21-29(7)19-20-45-40/h10-28H,1-9H3. The Morgan fingerprint density at radius 1 is 0.612 bits per heavy atom. The minimum absolute atomic E-state index is 0.251. The molecule has 7 aromatic rings. The Balaban J connectivity index is 1.39. The molecule has 4 aromatic carbocycles. The van der Waals surface area contributed by atoms with Crippen molar-refractivity contribution >= 4 is 21.8 Å². The molecule has 5 heteroatoms. The fourth-order valence-electron chi connectivity index (χ4n) is 7.21. The maximum atomic E-state index is 6.78. The van der Waals surface area contributed by atoms with Crippen LogP contribution in [0, 0.1) is 20.8 Å². The largest absolute Gasteiger partial charge is 0.457 e. The molecule has 0 amide bonds. The molecular formula is C44H46N4O. The van der Waals surface area contributed by atoms with Crippen molar-refractivity contribution in [2.45, 2.75) is 80.1 Å². The Morgan fingerprint density at radius 2 is 1.35 bits per heavy atom. The summed E-state index contributed by atoms with van der Waals surface area (Å²) in [5.41, 5.74) is 13.0. The second-order valence-electron chi connectivity index (χ2n) is 14.4. The molecule has 7 rings (SSSR count). The van der Waals surface area contributed by atoms with Gasteiger partial charge in [0.2, 0.25) is 0 Å². The van der Waals surface area contributed by atoms with Gasteiger partial charge >= 0.3 is 0 Å². The van der Waals surface area contributed by atoms with Crippen LogP contribution in [0.1, 0.15) is 92.9 Å². The van der Waals surface area contributed by atoms with Gasteiger partial charge in [-0.05, 0) is 109 Å². The van der Waals surface area contributed by atoms with E-state index in [9.17, 15) is 0 Å². The van der Waals surface area contributed by atoms with Crippen LogP contribution >= 0.6 is 0 Å². The number of hydrogen-bond donors (Lipinski definition) is 0.